The lowest BCUT2D eigenvalue weighted by atomic mass is 10.1. The number of benzene rings is 1. The Labute approximate surface area is 168 Å². The molecular weight excluding hydrogens is 352 g/mol. The van der Waals surface area contributed by atoms with E-state index in [9.17, 15) is 4.79 Å². The monoisotopic (exact) mass is 384 g/mol. The Balaban J connectivity index is 1.11. The smallest absolute Gasteiger partial charge is 0.320 e. The molecular formula is C22H32N4O2. The standard InChI is InChI=1S/C22H32N4O2/c27-22-25(15-16-26(22)19-5-1-2-6-19)14-11-23-9-12-24(13-10-23)20-7-3-4-18-8-17-28-21(18)20/h3-4,7,19H,1-2,5-6,8-17H2. The van der Waals surface area contributed by atoms with Gasteiger partial charge in [0, 0.05) is 64.8 Å². The van der Waals surface area contributed by atoms with E-state index in [1.165, 1.54) is 36.9 Å². The van der Waals surface area contributed by atoms with E-state index >= 15 is 0 Å². The van der Waals surface area contributed by atoms with Crippen molar-refractivity contribution in [2.75, 3.05) is 63.9 Å². The van der Waals surface area contributed by atoms with Crippen LogP contribution in [0.15, 0.2) is 18.2 Å². The highest BCUT2D eigenvalue weighted by Gasteiger charge is 2.35. The van der Waals surface area contributed by atoms with E-state index in [1.807, 2.05) is 0 Å². The summed E-state index contributed by atoms with van der Waals surface area (Å²) >= 11 is 0. The molecule has 2 amide bonds. The molecule has 1 saturated carbocycles. The van der Waals surface area contributed by atoms with Crippen LogP contribution in [-0.2, 0) is 6.42 Å². The van der Waals surface area contributed by atoms with Crippen molar-refractivity contribution < 1.29 is 9.53 Å². The molecule has 1 aromatic carbocycles. The summed E-state index contributed by atoms with van der Waals surface area (Å²) in [5.74, 6) is 1.10. The SMILES string of the molecule is O=C1N(CCN2CCN(c3cccc4c3OCC4)CC2)CCN1C1CCCC1. The summed E-state index contributed by atoms with van der Waals surface area (Å²) in [6.45, 7) is 8.67. The van der Waals surface area contributed by atoms with Gasteiger partial charge in [-0.3, -0.25) is 4.90 Å². The minimum atomic E-state index is 0.280. The minimum absolute atomic E-state index is 0.280. The Kier molecular flexibility index (Phi) is 5.05. The number of para-hydroxylation sites is 1. The molecule has 0 atom stereocenters. The Morgan fingerprint density at radius 1 is 0.964 bits per heavy atom. The van der Waals surface area contributed by atoms with E-state index in [0.717, 1.165) is 71.1 Å². The second-order valence-electron chi connectivity index (χ2n) is 8.59. The van der Waals surface area contributed by atoms with Crippen molar-refractivity contribution in [1.82, 2.24) is 14.7 Å². The fourth-order valence-corrected chi connectivity index (χ4v) is 5.28. The molecule has 3 heterocycles. The molecule has 5 rings (SSSR count). The van der Waals surface area contributed by atoms with Crippen LogP contribution in [0.3, 0.4) is 0 Å². The van der Waals surface area contributed by atoms with E-state index in [1.54, 1.807) is 0 Å². The molecule has 3 fully saturated rings. The molecule has 4 aliphatic rings. The predicted octanol–water partition coefficient (Wildman–Crippen LogP) is 2.42. The van der Waals surface area contributed by atoms with Crippen LogP contribution in [0.5, 0.6) is 5.75 Å². The summed E-state index contributed by atoms with van der Waals surface area (Å²) in [6.07, 6.45) is 6.01. The number of fused-ring (bicyclic) bond motifs is 1. The van der Waals surface area contributed by atoms with Gasteiger partial charge in [0.2, 0.25) is 0 Å². The van der Waals surface area contributed by atoms with Crippen molar-refractivity contribution in [1.29, 1.82) is 0 Å². The molecule has 0 radical (unpaired) electrons. The molecule has 0 spiro atoms. The molecule has 2 saturated heterocycles. The van der Waals surface area contributed by atoms with Crippen molar-refractivity contribution in [2.45, 2.75) is 38.1 Å². The van der Waals surface area contributed by atoms with Crippen LogP contribution in [0.4, 0.5) is 10.5 Å². The van der Waals surface area contributed by atoms with Crippen LogP contribution in [0.25, 0.3) is 0 Å². The van der Waals surface area contributed by atoms with E-state index in [4.69, 9.17) is 4.74 Å². The third-order valence-electron chi connectivity index (χ3n) is 6.99. The number of rotatable bonds is 5. The summed E-state index contributed by atoms with van der Waals surface area (Å²) in [5.41, 5.74) is 2.61. The zero-order valence-corrected chi connectivity index (χ0v) is 16.8. The molecule has 28 heavy (non-hydrogen) atoms. The zero-order valence-electron chi connectivity index (χ0n) is 16.8. The number of anilines is 1. The van der Waals surface area contributed by atoms with E-state index in [-0.39, 0.29) is 6.03 Å². The van der Waals surface area contributed by atoms with Gasteiger partial charge in [-0.2, -0.15) is 0 Å². The lowest BCUT2D eigenvalue weighted by Gasteiger charge is -2.37. The van der Waals surface area contributed by atoms with Crippen LogP contribution in [0.1, 0.15) is 31.2 Å². The minimum Gasteiger partial charge on any atom is -0.491 e. The maximum Gasteiger partial charge on any atom is 0.320 e. The van der Waals surface area contributed by atoms with E-state index < -0.39 is 0 Å². The highest BCUT2D eigenvalue weighted by molar-refractivity contribution is 5.77. The third kappa shape index (κ3) is 3.43. The molecule has 0 bridgehead atoms. The summed E-state index contributed by atoms with van der Waals surface area (Å²) in [5, 5.41) is 0. The van der Waals surface area contributed by atoms with Crippen molar-refractivity contribution in [2.24, 2.45) is 0 Å². The first-order valence-electron chi connectivity index (χ1n) is 11.1. The molecule has 0 unspecified atom stereocenters. The van der Waals surface area contributed by atoms with Gasteiger partial charge in [0.25, 0.3) is 0 Å². The lowest BCUT2D eigenvalue weighted by Crippen LogP contribution is -2.49. The first-order chi connectivity index (χ1) is 13.8. The van der Waals surface area contributed by atoms with Crippen LogP contribution in [0, 0.1) is 0 Å². The number of urea groups is 1. The normalized spacial score (nSPS) is 23.6. The number of ether oxygens (including phenoxy) is 1. The number of piperazine rings is 1. The number of nitrogens with zero attached hydrogens (tertiary/aromatic N) is 4. The number of carbonyl (C=O) groups excluding carboxylic acids is 1. The molecule has 0 N–H and O–H groups in total. The highest BCUT2D eigenvalue weighted by Crippen LogP contribution is 2.36. The summed E-state index contributed by atoms with van der Waals surface area (Å²) < 4.78 is 5.88. The predicted molar refractivity (Wildman–Crippen MR) is 110 cm³/mol. The van der Waals surface area contributed by atoms with E-state index in [2.05, 4.69) is 37.8 Å². The number of amides is 2. The van der Waals surface area contributed by atoms with Gasteiger partial charge in [0.1, 0.15) is 5.75 Å². The van der Waals surface area contributed by atoms with Crippen molar-refractivity contribution in [3.8, 4) is 5.75 Å². The largest absolute Gasteiger partial charge is 0.491 e. The fourth-order valence-electron chi connectivity index (χ4n) is 5.28. The van der Waals surface area contributed by atoms with Gasteiger partial charge < -0.3 is 19.4 Å². The third-order valence-corrected chi connectivity index (χ3v) is 6.99. The first-order valence-corrected chi connectivity index (χ1v) is 11.1. The van der Waals surface area contributed by atoms with E-state index in [0.29, 0.717) is 6.04 Å². The van der Waals surface area contributed by atoms with Crippen molar-refractivity contribution in [3.63, 3.8) is 0 Å². The summed E-state index contributed by atoms with van der Waals surface area (Å²) in [4.78, 5) is 21.9. The molecule has 6 heteroatoms. The Morgan fingerprint density at radius 2 is 1.79 bits per heavy atom. The van der Waals surface area contributed by atoms with Gasteiger partial charge in [-0.15, -0.1) is 0 Å². The Bertz CT molecular complexity index is 710. The van der Waals surface area contributed by atoms with Gasteiger partial charge in [0.05, 0.1) is 12.3 Å². The maximum atomic E-state index is 12.7. The van der Waals surface area contributed by atoms with Gasteiger partial charge in [-0.25, -0.2) is 4.79 Å². The van der Waals surface area contributed by atoms with Crippen molar-refractivity contribution in [3.05, 3.63) is 23.8 Å². The summed E-state index contributed by atoms with van der Waals surface area (Å²) in [7, 11) is 0. The molecule has 1 aromatic rings. The van der Waals surface area contributed by atoms with Crippen LogP contribution in [0.2, 0.25) is 0 Å². The zero-order chi connectivity index (χ0) is 18.9. The molecule has 0 aromatic heterocycles. The number of carbonyl (C=O) groups is 1. The van der Waals surface area contributed by atoms with Crippen molar-refractivity contribution >= 4 is 11.7 Å². The highest BCUT2D eigenvalue weighted by atomic mass is 16.5. The average Bonchev–Trinajstić information content (AvgIpc) is 3.47. The van der Waals surface area contributed by atoms with Gasteiger partial charge in [-0.05, 0) is 24.5 Å². The van der Waals surface area contributed by atoms with Gasteiger partial charge in [-0.1, -0.05) is 25.0 Å². The quantitative estimate of drug-likeness (QED) is 0.782. The Morgan fingerprint density at radius 3 is 2.61 bits per heavy atom. The van der Waals surface area contributed by atoms with Crippen LogP contribution in [-0.4, -0.2) is 85.7 Å². The number of hydrogen-bond acceptors (Lipinski definition) is 4. The lowest BCUT2D eigenvalue weighted by molar-refractivity contribution is 0.169. The Hall–Kier alpha value is -1.95. The second kappa shape index (κ2) is 7.82. The van der Waals surface area contributed by atoms with Gasteiger partial charge >= 0.3 is 6.03 Å². The molecule has 3 aliphatic heterocycles. The topological polar surface area (TPSA) is 39.3 Å². The number of hydrogen-bond donors (Lipinski definition) is 0. The van der Waals surface area contributed by atoms with Gasteiger partial charge in [0.15, 0.2) is 0 Å². The van der Waals surface area contributed by atoms with Crippen LogP contribution >= 0.6 is 0 Å². The first kappa shape index (κ1) is 18.1. The maximum absolute atomic E-state index is 12.7. The second-order valence-corrected chi connectivity index (χ2v) is 8.59. The molecule has 152 valence electrons. The average molecular weight is 385 g/mol. The molecule has 6 nitrogen and oxygen atoms in total. The van der Waals surface area contributed by atoms with Crippen LogP contribution < -0.4 is 9.64 Å². The molecule has 1 aliphatic carbocycles. The summed E-state index contributed by atoms with van der Waals surface area (Å²) in [6, 6.07) is 7.33. The fraction of sp³-hybridized carbons (Fsp3) is 0.682.